The predicted molar refractivity (Wildman–Crippen MR) is 96.1 cm³/mol. The molecule has 2 N–H and O–H groups in total. The molecule has 0 aliphatic heterocycles. The minimum atomic E-state index is -0.780. The maximum absolute atomic E-state index is 12.5. The number of nitrogens with zero attached hydrogens (tertiary/aromatic N) is 2. The van der Waals surface area contributed by atoms with Gasteiger partial charge in [0.1, 0.15) is 11.4 Å². The smallest absolute Gasteiger partial charge is 0.326 e. The lowest BCUT2D eigenvalue weighted by Gasteiger charge is -2.10. The van der Waals surface area contributed by atoms with E-state index in [2.05, 4.69) is 10.3 Å². The van der Waals surface area contributed by atoms with E-state index in [0.717, 1.165) is 15.0 Å². The average molecular weight is 380 g/mol. The summed E-state index contributed by atoms with van der Waals surface area (Å²) in [5.74, 6) is -1.54. The van der Waals surface area contributed by atoms with Crippen molar-refractivity contribution in [3.05, 3.63) is 27.1 Å². The fourth-order valence-corrected chi connectivity index (χ4v) is 3.16. The Bertz CT molecular complexity index is 915. The van der Waals surface area contributed by atoms with Gasteiger partial charge in [0, 0.05) is 10.9 Å². The van der Waals surface area contributed by atoms with E-state index >= 15 is 0 Å². The summed E-state index contributed by atoms with van der Waals surface area (Å²) < 4.78 is 5.93. The zero-order chi connectivity index (χ0) is 19.4. The molecular weight excluding hydrogens is 360 g/mol. The van der Waals surface area contributed by atoms with Crippen LogP contribution in [-0.2, 0) is 20.9 Å². The summed E-state index contributed by atoms with van der Waals surface area (Å²) in [7, 11) is 0. The van der Waals surface area contributed by atoms with E-state index in [1.165, 1.54) is 17.7 Å². The number of thiophene rings is 1. The predicted octanol–water partition coefficient (Wildman–Crippen LogP) is 0.852. The summed E-state index contributed by atoms with van der Waals surface area (Å²) in [5, 5.41) is 4.98. The number of nitrogens with one attached hydrogen (secondary N) is 2. The molecule has 0 fully saturated rings. The van der Waals surface area contributed by atoms with Crippen LogP contribution in [0.15, 0.2) is 11.1 Å². The van der Waals surface area contributed by atoms with E-state index in [4.69, 9.17) is 4.74 Å². The topological polar surface area (TPSA) is 119 Å². The van der Waals surface area contributed by atoms with Crippen molar-refractivity contribution in [3.63, 3.8) is 0 Å². The molecule has 0 spiro atoms. The van der Waals surface area contributed by atoms with Crippen LogP contribution in [0.5, 0.6) is 0 Å². The minimum Gasteiger partial charge on any atom is -0.454 e. The Morgan fingerprint density at radius 1 is 1.31 bits per heavy atom. The maximum atomic E-state index is 12.5. The van der Waals surface area contributed by atoms with E-state index < -0.39 is 24.5 Å². The number of urea groups is 1. The molecular formula is C16H20N4O5S. The molecule has 140 valence electrons. The van der Waals surface area contributed by atoms with E-state index in [-0.39, 0.29) is 18.1 Å². The molecule has 0 unspecified atom stereocenters. The molecule has 10 heteroatoms. The van der Waals surface area contributed by atoms with Gasteiger partial charge in [-0.3, -0.25) is 24.3 Å². The van der Waals surface area contributed by atoms with Gasteiger partial charge >= 0.3 is 12.0 Å². The zero-order valence-corrected chi connectivity index (χ0v) is 15.7. The summed E-state index contributed by atoms with van der Waals surface area (Å²) in [6, 6.07) is -0.806. The number of hydrogen-bond donors (Lipinski definition) is 2. The molecule has 0 aromatic carbocycles. The number of rotatable bonds is 5. The highest BCUT2D eigenvalue weighted by Crippen LogP contribution is 2.25. The van der Waals surface area contributed by atoms with Crippen molar-refractivity contribution in [2.24, 2.45) is 0 Å². The molecule has 0 aliphatic carbocycles. The molecule has 3 amide bonds. The Morgan fingerprint density at radius 3 is 2.65 bits per heavy atom. The molecule has 0 radical (unpaired) electrons. The van der Waals surface area contributed by atoms with Crippen LogP contribution in [0, 0.1) is 13.8 Å². The van der Waals surface area contributed by atoms with Gasteiger partial charge in [-0.15, -0.1) is 11.3 Å². The van der Waals surface area contributed by atoms with Crippen molar-refractivity contribution >= 4 is 39.5 Å². The van der Waals surface area contributed by atoms with Gasteiger partial charge < -0.3 is 10.1 Å². The van der Waals surface area contributed by atoms with Gasteiger partial charge in [0.25, 0.3) is 11.5 Å². The summed E-state index contributed by atoms with van der Waals surface area (Å²) in [4.78, 5) is 53.0. The van der Waals surface area contributed by atoms with E-state index in [1.54, 1.807) is 13.8 Å². The third-order valence-electron chi connectivity index (χ3n) is 3.49. The fraction of sp³-hybridized carbons (Fsp3) is 0.438. The maximum Gasteiger partial charge on any atom is 0.326 e. The van der Waals surface area contributed by atoms with Crippen molar-refractivity contribution < 1.29 is 19.1 Å². The highest BCUT2D eigenvalue weighted by atomic mass is 32.1. The molecule has 0 aliphatic rings. The lowest BCUT2D eigenvalue weighted by atomic mass is 10.2. The van der Waals surface area contributed by atoms with E-state index in [0.29, 0.717) is 10.2 Å². The first kappa shape index (κ1) is 19.6. The van der Waals surface area contributed by atoms with Gasteiger partial charge in [-0.05, 0) is 33.3 Å². The molecule has 0 bridgehead atoms. The van der Waals surface area contributed by atoms with E-state index in [9.17, 15) is 19.2 Å². The molecule has 2 rings (SSSR count). The average Bonchev–Trinajstić information content (AvgIpc) is 2.82. The third kappa shape index (κ3) is 4.66. The highest BCUT2D eigenvalue weighted by molar-refractivity contribution is 7.18. The number of hydrogen-bond acceptors (Lipinski definition) is 7. The van der Waals surface area contributed by atoms with Gasteiger partial charge in [-0.25, -0.2) is 9.78 Å². The number of ether oxygens (including phenoxy) is 1. The van der Waals surface area contributed by atoms with Gasteiger partial charge in [-0.1, -0.05) is 0 Å². The molecule has 9 nitrogen and oxygen atoms in total. The third-order valence-corrected chi connectivity index (χ3v) is 4.61. The van der Waals surface area contributed by atoms with Gasteiger partial charge in [0.05, 0.1) is 11.7 Å². The minimum absolute atomic E-state index is 0.135. The van der Waals surface area contributed by atoms with Crippen LogP contribution >= 0.6 is 11.3 Å². The van der Waals surface area contributed by atoms with Crippen LogP contribution in [-0.4, -0.2) is 40.1 Å². The standard InChI is InChI=1S/C16H20N4O5S/c1-8(2)18-16(24)19-11(21)6-25-12(22)5-20-7-17-14-13(15(20)23)9(3)10(4)26-14/h7-8H,5-6H2,1-4H3,(H2,18,19,21,24). The van der Waals surface area contributed by atoms with Crippen molar-refractivity contribution in [2.45, 2.75) is 40.3 Å². The second-order valence-electron chi connectivity index (χ2n) is 5.98. The van der Waals surface area contributed by atoms with Crippen LogP contribution < -0.4 is 16.2 Å². The monoisotopic (exact) mass is 380 g/mol. The van der Waals surface area contributed by atoms with Crippen LogP contribution in [0.3, 0.4) is 0 Å². The van der Waals surface area contributed by atoms with Crippen LogP contribution in [0.4, 0.5) is 4.79 Å². The molecule has 2 aromatic rings. The van der Waals surface area contributed by atoms with Crippen molar-refractivity contribution in [2.75, 3.05) is 6.61 Å². The highest BCUT2D eigenvalue weighted by Gasteiger charge is 2.15. The number of aromatic nitrogens is 2. The number of aryl methyl sites for hydroxylation is 2. The van der Waals surface area contributed by atoms with Crippen LogP contribution in [0.2, 0.25) is 0 Å². The Balaban J connectivity index is 1.96. The quantitative estimate of drug-likeness (QED) is 0.742. The fourth-order valence-electron chi connectivity index (χ4n) is 2.17. The van der Waals surface area contributed by atoms with Crippen molar-refractivity contribution in [1.82, 2.24) is 20.2 Å². The first-order chi connectivity index (χ1) is 12.2. The van der Waals surface area contributed by atoms with Gasteiger partial charge in [0.2, 0.25) is 0 Å². The van der Waals surface area contributed by atoms with Crippen LogP contribution in [0.1, 0.15) is 24.3 Å². The Kier molecular flexibility index (Phi) is 6.09. The molecule has 26 heavy (non-hydrogen) atoms. The summed E-state index contributed by atoms with van der Waals surface area (Å²) in [5.41, 5.74) is 0.496. The molecule has 0 saturated heterocycles. The van der Waals surface area contributed by atoms with Crippen LogP contribution in [0.25, 0.3) is 10.2 Å². The Labute approximate surface area is 153 Å². The number of amides is 3. The first-order valence-corrected chi connectivity index (χ1v) is 8.71. The zero-order valence-electron chi connectivity index (χ0n) is 14.9. The second-order valence-corrected chi connectivity index (χ2v) is 7.18. The SMILES string of the molecule is Cc1sc2ncn(CC(=O)OCC(=O)NC(=O)NC(C)C)c(=O)c2c1C. The Morgan fingerprint density at radius 2 is 2.00 bits per heavy atom. The first-order valence-electron chi connectivity index (χ1n) is 7.90. The number of carbonyl (C=O) groups excluding carboxylic acids is 3. The second kappa shape index (κ2) is 8.09. The van der Waals surface area contributed by atoms with Gasteiger partial charge in [-0.2, -0.15) is 0 Å². The molecule has 0 atom stereocenters. The lowest BCUT2D eigenvalue weighted by Crippen LogP contribution is -2.44. The van der Waals surface area contributed by atoms with Crippen molar-refractivity contribution in [3.8, 4) is 0 Å². The van der Waals surface area contributed by atoms with Crippen molar-refractivity contribution in [1.29, 1.82) is 0 Å². The summed E-state index contributed by atoms with van der Waals surface area (Å²) in [6.07, 6.45) is 1.28. The number of imide groups is 1. The summed E-state index contributed by atoms with van der Waals surface area (Å²) >= 11 is 1.41. The molecule has 2 aromatic heterocycles. The number of esters is 1. The largest absolute Gasteiger partial charge is 0.454 e. The van der Waals surface area contributed by atoms with Gasteiger partial charge in [0.15, 0.2) is 6.61 Å². The molecule has 0 saturated carbocycles. The lowest BCUT2D eigenvalue weighted by molar-refractivity contribution is -0.148. The van der Waals surface area contributed by atoms with E-state index in [1.807, 2.05) is 19.2 Å². The summed E-state index contributed by atoms with van der Waals surface area (Å²) in [6.45, 7) is 6.21. The molecule has 2 heterocycles. The number of fused-ring (bicyclic) bond motifs is 1. The number of carbonyl (C=O) groups is 3. The normalized spacial score (nSPS) is 10.8. The Hall–Kier alpha value is -2.75.